The van der Waals surface area contributed by atoms with Gasteiger partial charge in [0.25, 0.3) is 0 Å². The third kappa shape index (κ3) is 8.56. The lowest BCUT2D eigenvalue weighted by Crippen LogP contribution is -2.24. The molecule has 0 rings (SSSR count). The van der Waals surface area contributed by atoms with E-state index in [2.05, 4.69) is 9.47 Å². The SMILES string of the molecule is O=C(OCCS(=O)(=O)CCOC(=O)S(=O)(=O)O)S(=O)(=O)O. The molecule has 0 heterocycles. The molecule has 0 aromatic heterocycles. The van der Waals surface area contributed by atoms with Gasteiger partial charge in [-0.25, -0.2) is 18.0 Å². The molecule has 0 aliphatic carbocycles. The number of rotatable bonds is 6. The second-order valence-electron chi connectivity index (χ2n) is 3.30. The van der Waals surface area contributed by atoms with Crippen molar-refractivity contribution in [3.05, 3.63) is 0 Å². The molecule has 124 valence electrons. The van der Waals surface area contributed by atoms with Crippen LogP contribution in [-0.4, -0.2) is 69.7 Å². The number of ether oxygens (including phenoxy) is 2. The quantitative estimate of drug-likeness (QED) is 0.404. The Morgan fingerprint density at radius 2 is 1.00 bits per heavy atom. The first-order valence-corrected chi connectivity index (χ1v) is 9.45. The van der Waals surface area contributed by atoms with E-state index in [1.807, 2.05) is 0 Å². The van der Waals surface area contributed by atoms with E-state index < -0.39 is 65.4 Å². The lowest BCUT2D eigenvalue weighted by molar-refractivity contribution is 0.175. The molecule has 0 aliphatic heterocycles. The van der Waals surface area contributed by atoms with Crippen LogP contribution in [0.4, 0.5) is 9.59 Å². The Kier molecular flexibility index (Phi) is 6.68. The van der Waals surface area contributed by atoms with Gasteiger partial charge < -0.3 is 9.47 Å². The number of hydrogen-bond donors (Lipinski definition) is 2. The molecular weight excluding hydrogens is 360 g/mol. The zero-order valence-corrected chi connectivity index (χ0v) is 12.5. The summed E-state index contributed by atoms with van der Waals surface area (Å²) in [5, 5.41) is -4.06. The molecule has 12 nitrogen and oxygen atoms in total. The lowest BCUT2D eigenvalue weighted by Gasteiger charge is -2.05. The molecule has 0 unspecified atom stereocenters. The van der Waals surface area contributed by atoms with E-state index in [4.69, 9.17) is 9.11 Å². The minimum atomic E-state index is -5.08. The average molecular weight is 370 g/mol. The smallest absolute Gasteiger partial charge is 0.451 e. The molecule has 0 saturated heterocycles. The van der Waals surface area contributed by atoms with Gasteiger partial charge >= 0.3 is 30.8 Å². The second-order valence-corrected chi connectivity index (χ2v) is 8.17. The molecule has 0 amide bonds. The molecule has 0 bridgehead atoms. The zero-order chi connectivity index (χ0) is 16.9. The van der Waals surface area contributed by atoms with Gasteiger partial charge in [0, 0.05) is 0 Å². The molecule has 0 radical (unpaired) electrons. The Bertz CT molecular complexity index is 640. The summed E-state index contributed by atoms with van der Waals surface area (Å²) in [7, 11) is -14.1. The van der Waals surface area contributed by atoms with E-state index in [1.165, 1.54) is 0 Å². The topological polar surface area (TPSA) is 195 Å². The first-order chi connectivity index (χ1) is 9.26. The molecule has 0 saturated carbocycles. The molecule has 2 N–H and O–H groups in total. The molecule has 0 aromatic carbocycles. The van der Waals surface area contributed by atoms with Gasteiger partial charge in [-0.05, 0) is 0 Å². The Hall–Kier alpha value is -1.29. The highest BCUT2D eigenvalue weighted by atomic mass is 32.2. The van der Waals surface area contributed by atoms with Crippen molar-refractivity contribution in [3.63, 3.8) is 0 Å². The van der Waals surface area contributed by atoms with E-state index in [1.54, 1.807) is 0 Å². The van der Waals surface area contributed by atoms with Crippen LogP contribution in [0.5, 0.6) is 0 Å². The fourth-order valence-electron chi connectivity index (χ4n) is 0.755. The van der Waals surface area contributed by atoms with Crippen LogP contribution in [0, 0.1) is 0 Å². The van der Waals surface area contributed by atoms with Crippen molar-refractivity contribution in [2.75, 3.05) is 24.7 Å². The predicted molar refractivity (Wildman–Crippen MR) is 64.4 cm³/mol. The van der Waals surface area contributed by atoms with Crippen molar-refractivity contribution in [1.29, 1.82) is 0 Å². The van der Waals surface area contributed by atoms with Crippen molar-refractivity contribution in [1.82, 2.24) is 0 Å². The summed E-state index contributed by atoms with van der Waals surface area (Å²) in [5.41, 5.74) is 0. The molecule has 0 spiro atoms. The largest absolute Gasteiger partial charge is 0.451 e. The maximum absolute atomic E-state index is 11.3. The van der Waals surface area contributed by atoms with E-state index in [-0.39, 0.29) is 0 Å². The summed E-state index contributed by atoms with van der Waals surface area (Å²) < 4.78 is 87.7. The number of carbonyl (C=O) groups excluding carboxylic acids is 2. The van der Waals surface area contributed by atoms with E-state index in [0.717, 1.165) is 0 Å². The van der Waals surface area contributed by atoms with Crippen molar-refractivity contribution in [2.24, 2.45) is 0 Å². The van der Waals surface area contributed by atoms with Gasteiger partial charge in [-0.2, -0.15) is 16.8 Å². The lowest BCUT2D eigenvalue weighted by atomic mass is 10.8. The summed E-state index contributed by atoms with van der Waals surface area (Å²) in [5.74, 6) is -1.73. The minimum absolute atomic E-state index is 0.863. The Labute approximate surface area is 119 Å². The number of sulfone groups is 1. The molecule has 21 heavy (non-hydrogen) atoms. The third-order valence-electron chi connectivity index (χ3n) is 1.65. The van der Waals surface area contributed by atoms with Crippen LogP contribution in [0.1, 0.15) is 0 Å². The first kappa shape index (κ1) is 19.7. The summed E-state index contributed by atoms with van der Waals surface area (Å²) in [6.45, 7) is -1.79. The van der Waals surface area contributed by atoms with Crippen molar-refractivity contribution >= 4 is 40.7 Å². The highest BCUT2D eigenvalue weighted by Crippen LogP contribution is 1.97. The predicted octanol–water partition coefficient (Wildman–Crippen LogP) is -1.55. The normalized spacial score (nSPS) is 12.7. The van der Waals surface area contributed by atoms with Gasteiger partial charge in [0.1, 0.15) is 13.2 Å². The highest BCUT2D eigenvalue weighted by Gasteiger charge is 2.23. The van der Waals surface area contributed by atoms with Gasteiger partial charge in [0.05, 0.1) is 11.5 Å². The van der Waals surface area contributed by atoms with Gasteiger partial charge in [-0.3, -0.25) is 9.11 Å². The van der Waals surface area contributed by atoms with Crippen LogP contribution in [0.15, 0.2) is 0 Å². The van der Waals surface area contributed by atoms with Crippen molar-refractivity contribution < 1.29 is 53.4 Å². The van der Waals surface area contributed by atoms with Crippen LogP contribution >= 0.6 is 0 Å². The fourth-order valence-corrected chi connectivity index (χ4v) is 2.10. The standard InChI is InChI=1S/C6H10O12S3/c7-5(20(11,12)13)17-1-3-19(9,10)4-2-18-6(8)21(14,15)16/h1-4H2,(H,11,12,13)(H,14,15,16). The summed E-state index contributed by atoms with van der Waals surface area (Å²) in [6.07, 6.45) is 0. The van der Waals surface area contributed by atoms with Gasteiger partial charge in [-0.1, -0.05) is 0 Å². The van der Waals surface area contributed by atoms with Gasteiger partial charge in [0.2, 0.25) is 0 Å². The maximum atomic E-state index is 11.3. The Morgan fingerprint density at radius 1 is 0.714 bits per heavy atom. The first-order valence-electron chi connectivity index (χ1n) is 4.74. The van der Waals surface area contributed by atoms with E-state index >= 15 is 0 Å². The average Bonchev–Trinajstić information content (AvgIpc) is 2.25. The van der Waals surface area contributed by atoms with E-state index in [0.29, 0.717) is 0 Å². The van der Waals surface area contributed by atoms with Crippen LogP contribution in [0.2, 0.25) is 0 Å². The van der Waals surface area contributed by atoms with Gasteiger partial charge in [-0.15, -0.1) is 0 Å². The van der Waals surface area contributed by atoms with Crippen molar-refractivity contribution in [2.45, 2.75) is 0 Å². The maximum Gasteiger partial charge on any atom is 0.451 e. The van der Waals surface area contributed by atoms with Crippen molar-refractivity contribution in [3.8, 4) is 0 Å². The third-order valence-corrected chi connectivity index (χ3v) is 4.31. The number of carbonyl (C=O) groups is 2. The second kappa shape index (κ2) is 7.12. The summed E-state index contributed by atoms with van der Waals surface area (Å²) in [6, 6.07) is 0. The Morgan fingerprint density at radius 3 is 1.24 bits per heavy atom. The highest BCUT2D eigenvalue weighted by molar-refractivity contribution is 8.01. The fraction of sp³-hybridized carbons (Fsp3) is 0.667. The van der Waals surface area contributed by atoms with E-state index in [9.17, 15) is 34.8 Å². The van der Waals surface area contributed by atoms with Crippen LogP contribution in [-0.2, 0) is 39.5 Å². The van der Waals surface area contributed by atoms with Crippen LogP contribution < -0.4 is 0 Å². The Balaban J connectivity index is 4.24. The molecule has 0 atom stereocenters. The zero-order valence-electron chi connectivity index (χ0n) is 10.0. The molecular formula is C6H10O12S3. The monoisotopic (exact) mass is 370 g/mol. The molecule has 15 heteroatoms. The molecule has 0 aromatic rings. The molecule has 0 fully saturated rings. The van der Waals surface area contributed by atoms with Crippen LogP contribution in [0.3, 0.4) is 0 Å². The summed E-state index contributed by atoms with van der Waals surface area (Å²) in [4.78, 5) is 21.1. The number of hydrogen-bond acceptors (Lipinski definition) is 10. The molecule has 0 aliphatic rings. The van der Waals surface area contributed by atoms with Crippen LogP contribution in [0.25, 0.3) is 0 Å². The minimum Gasteiger partial charge on any atom is -0.451 e. The summed E-state index contributed by atoms with van der Waals surface area (Å²) >= 11 is 0. The van der Waals surface area contributed by atoms with Gasteiger partial charge in [0.15, 0.2) is 9.84 Å².